The number of anilines is 2. The van der Waals surface area contributed by atoms with Gasteiger partial charge in [0.15, 0.2) is 0 Å². The molecule has 6 nitrogen and oxygen atoms in total. The highest BCUT2D eigenvalue weighted by Crippen LogP contribution is 2.25. The van der Waals surface area contributed by atoms with Crippen LogP contribution in [0.4, 0.5) is 11.4 Å². The normalized spacial score (nSPS) is 10.6. The number of carbonyl (C=O) groups excluding carboxylic acids is 2. The van der Waals surface area contributed by atoms with Crippen LogP contribution in [-0.2, 0) is 11.3 Å². The molecule has 3 rings (SSSR count). The number of nitrogens with one attached hydrogen (secondary N) is 2. The van der Waals surface area contributed by atoms with E-state index in [2.05, 4.69) is 15.7 Å². The minimum atomic E-state index is -0.382. The molecule has 0 atom stereocenters. The van der Waals surface area contributed by atoms with Gasteiger partial charge >= 0.3 is 0 Å². The number of carbonyl (C=O) groups is 2. The monoisotopic (exact) mass is 416 g/mol. The molecule has 0 radical (unpaired) electrons. The van der Waals surface area contributed by atoms with Crippen molar-refractivity contribution in [3.63, 3.8) is 0 Å². The fourth-order valence-corrected chi connectivity index (χ4v) is 3.29. The lowest BCUT2D eigenvalue weighted by Gasteiger charge is -2.08. The van der Waals surface area contributed by atoms with Gasteiger partial charge in [-0.25, -0.2) is 4.68 Å². The number of benzene rings is 2. The number of amides is 2. The Kier molecular flexibility index (Phi) is 6.02. The molecule has 0 saturated heterocycles. The molecule has 1 heterocycles. The van der Waals surface area contributed by atoms with E-state index < -0.39 is 0 Å². The molecule has 0 bridgehead atoms. The van der Waals surface area contributed by atoms with Crippen molar-refractivity contribution in [3.8, 4) is 0 Å². The van der Waals surface area contributed by atoms with Crippen molar-refractivity contribution in [2.45, 2.75) is 20.4 Å². The molecule has 2 N–H and O–H groups in total. The third-order valence-electron chi connectivity index (χ3n) is 4.01. The molecule has 8 heteroatoms. The van der Waals surface area contributed by atoms with E-state index in [0.29, 0.717) is 34.2 Å². The van der Waals surface area contributed by atoms with Gasteiger partial charge in [0.1, 0.15) is 5.15 Å². The number of hydrogen-bond acceptors (Lipinski definition) is 3. The SMILES string of the molecule is CC(=O)Nc1cccc(NC(=O)c2c(C)nn(Cc3ccccc3Cl)c2Cl)c1. The Morgan fingerprint density at radius 1 is 1.04 bits per heavy atom. The first kappa shape index (κ1) is 19.9. The molecule has 0 saturated carbocycles. The van der Waals surface area contributed by atoms with Gasteiger partial charge in [0, 0.05) is 23.3 Å². The fourth-order valence-electron chi connectivity index (χ4n) is 2.78. The predicted octanol–water partition coefficient (Wildman–Crippen LogP) is 4.76. The summed E-state index contributed by atoms with van der Waals surface area (Å²) in [7, 11) is 0. The van der Waals surface area contributed by atoms with Crippen LogP contribution in [0, 0.1) is 6.92 Å². The first-order valence-corrected chi connectivity index (χ1v) is 9.26. The van der Waals surface area contributed by atoms with Crippen LogP contribution in [0.15, 0.2) is 48.5 Å². The predicted molar refractivity (Wildman–Crippen MR) is 111 cm³/mol. The summed E-state index contributed by atoms with van der Waals surface area (Å²) in [6.07, 6.45) is 0. The summed E-state index contributed by atoms with van der Waals surface area (Å²) in [6, 6.07) is 14.2. The van der Waals surface area contributed by atoms with Crippen molar-refractivity contribution in [1.29, 1.82) is 0 Å². The van der Waals surface area contributed by atoms with E-state index in [9.17, 15) is 9.59 Å². The lowest BCUT2D eigenvalue weighted by atomic mass is 10.2. The summed E-state index contributed by atoms with van der Waals surface area (Å²) >= 11 is 12.6. The second-order valence-corrected chi connectivity index (χ2v) is 6.98. The Bertz CT molecular complexity index is 1050. The molecule has 2 amide bonds. The molecule has 144 valence electrons. The van der Waals surface area contributed by atoms with Crippen LogP contribution in [0.25, 0.3) is 0 Å². The number of rotatable bonds is 5. The van der Waals surface area contributed by atoms with Crippen molar-refractivity contribution in [2.75, 3.05) is 10.6 Å². The zero-order valence-corrected chi connectivity index (χ0v) is 16.8. The van der Waals surface area contributed by atoms with Crippen LogP contribution in [0.2, 0.25) is 10.2 Å². The zero-order valence-electron chi connectivity index (χ0n) is 15.3. The number of aromatic nitrogens is 2. The molecule has 3 aromatic rings. The summed E-state index contributed by atoms with van der Waals surface area (Å²) in [4.78, 5) is 24.0. The molecule has 0 fully saturated rings. The van der Waals surface area contributed by atoms with Crippen LogP contribution in [-0.4, -0.2) is 21.6 Å². The molecule has 2 aromatic carbocycles. The number of nitrogens with zero attached hydrogens (tertiary/aromatic N) is 2. The summed E-state index contributed by atoms with van der Waals surface area (Å²) in [5.74, 6) is -0.573. The Morgan fingerprint density at radius 3 is 2.39 bits per heavy atom. The van der Waals surface area contributed by atoms with Crippen molar-refractivity contribution >= 4 is 46.4 Å². The molecule has 28 heavy (non-hydrogen) atoms. The maximum atomic E-state index is 12.8. The standard InChI is InChI=1S/C20H18Cl2N4O2/c1-12-18(19(22)26(25-12)11-14-6-3-4-9-17(14)21)20(28)24-16-8-5-7-15(10-16)23-13(2)27/h3-10H,11H2,1-2H3,(H,23,27)(H,24,28). The van der Waals surface area contributed by atoms with Crippen LogP contribution >= 0.6 is 23.2 Å². The molecule has 0 aliphatic carbocycles. The molecule has 0 aliphatic rings. The first-order valence-electron chi connectivity index (χ1n) is 8.50. The Morgan fingerprint density at radius 2 is 1.71 bits per heavy atom. The second-order valence-electron chi connectivity index (χ2n) is 6.22. The number of halogens is 2. The molecule has 0 spiro atoms. The smallest absolute Gasteiger partial charge is 0.260 e. The van der Waals surface area contributed by atoms with Gasteiger partial charge in [-0.2, -0.15) is 5.10 Å². The Labute approximate surface area is 172 Å². The zero-order chi connectivity index (χ0) is 20.3. The van der Waals surface area contributed by atoms with Crippen LogP contribution < -0.4 is 10.6 Å². The Hall–Kier alpha value is -2.83. The van der Waals surface area contributed by atoms with Gasteiger partial charge in [-0.3, -0.25) is 9.59 Å². The second kappa shape index (κ2) is 8.46. The number of hydrogen-bond donors (Lipinski definition) is 2. The topological polar surface area (TPSA) is 76.0 Å². The fraction of sp³-hybridized carbons (Fsp3) is 0.150. The molecule has 0 unspecified atom stereocenters. The van der Waals surface area contributed by atoms with Crippen LogP contribution in [0.5, 0.6) is 0 Å². The van der Waals surface area contributed by atoms with E-state index in [0.717, 1.165) is 5.56 Å². The molecule has 1 aromatic heterocycles. The third kappa shape index (κ3) is 4.52. The van der Waals surface area contributed by atoms with Crippen molar-refractivity contribution in [1.82, 2.24) is 9.78 Å². The lowest BCUT2D eigenvalue weighted by Crippen LogP contribution is -2.14. The highest BCUT2D eigenvalue weighted by atomic mass is 35.5. The third-order valence-corrected chi connectivity index (χ3v) is 4.76. The lowest BCUT2D eigenvalue weighted by molar-refractivity contribution is -0.114. The molecular weight excluding hydrogens is 399 g/mol. The average Bonchev–Trinajstić information content (AvgIpc) is 2.90. The van der Waals surface area contributed by atoms with E-state index >= 15 is 0 Å². The van der Waals surface area contributed by atoms with Gasteiger partial charge in [0.05, 0.1) is 17.8 Å². The minimum absolute atomic E-state index is 0.191. The Balaban J connectivity index is 1.82. The van der Waals surface area contributed by atoms with Crippen LogP contribution in [0.1, 0.15) is 28.5 Å². The summed E-state index contributed by atoms with van der Waals surface area (Å²) in [5, 5.41) is 10.7. The molecular formula is C20H18Cl2N4O2. The van der Waals surface area contributed by atoms with Gasteiger partial charge in [-0.1, -0.05) is 47.5 Å². The highest BCUT2D eigenvalue weighted by Gasteiger charge is 2.21. The molecule has 0 aliphatic heterocycles. The number of aryl methyl sites for hydroxylation is 1. The maximum absolute atomic E-state index is 12.8. The maximum Gasteiger partial charge on any atom is 0.260 e. The van der Waals surface area contributed by atoms with E-state index in [4.69, 9.17) is 23.2 Å². The van der Waals surface area contributed by atoms with Gasteiger partial charge < -0.3 is 10.6 Å². The highest BCUT2D eigenvalue weighted by molar-refractivity contribution is 6.34. The van der Waals surface area contributed by atoms with Gasteiger partial charge in [0.25, 0.3) is 5.91 Å². The quantitative estimate of drug-likeness (QED) is 0.629. The van der Waals surface area contributed by atoms with Gasteiger partial charge in [-0.05, 0) is 36.8 Å². The van der Waals surface area contributed by atoms with E-state index in [1.165, 1.54) is 6.92 Å². The summed E-state index contributed by atoms with van der Waals surface area (Å²) < 4.78 is 1.54. The van der Waals surface area contributed by atoms with E-state index in [-0.39, 0.29) is 17.0 Å². The largest absolute Gasteiger partial charge is 0.326 e. The van der Waals surface area contributed by atoms with Crippen molar-refractivity contribution in [2.24, 2.45) is 0 Å². The van der Waals surface area contributed by atoms with E-state index in [1.807, 2.05) is 18.2 Å². The first-order chi connectivity index (χ1) is 13.3. The van der Waals surface area contributed by atoms with Crippen molar-refractivity contribution in [3.05, 3.63) is 75.5 Å². The van der Waals surface area contributed by atoms with E-state index in [1.54, 1.807) is 41.9 Å². The van der Waals surface area contributed by atoms with Gasteiger partial charge in [0.2, 0.25) is 5.91 Å². The van der Waals surface area contributed by atoms with Crippen LogP contribution in [0.3, 0.4) is 0 Å². The minimum Gasteiger partial charge on any atom is -0.326 e. The summed E-state index contributed by atoms with van der Waals surface area (Å²) in [6.45, 7) is 3.49. The average molecular weight is 417 g/mol. The summed E-state index contributed by atoms with van der Waals surface area (Å²) in [5.41, 5.74) is 2.77. The van der Waals surface area contributed by atoms with Gasteiger partial charge in [-0.15, -0.1) is 0 Å². The van der Waals surface area contributed by atoms with Crippen molar-refractivity contribution < 1.29 is 9.59 Å².